The van der Waals surface area contributed by atoms with Crippen LogP contribution in [0.2, 0.25) is 0 Å². The zero-order valence-corrected chi connectivity index (χ0v) is 9.06. The van der Waals surface area contributed by atoms with Crippen LogP contribution in [0.3, 0.4) is 0 Å². The molecule has 1 aromatic rings. The normalized spacial score (nSPS) is 10.4. The molecule has 0 aliphatic heterocycles. The average molecular weight is 208 g/mol. The van der Waals surface area contributed by atoms with Gasteiger partial charge in [0.15, 0.2) is 5.78 Å². The van der Waals surface area contributed by atoms with Gasteiger partial charge in [-0.15, -0.1) is 0 Å². The molecule has 1 rings (SSSR count). The van der Waals surface area contributed by atoms with Crippen molar-refractivity contribution in [1.29, 1.82) is 0 Å². The van der Waals surface area contributed by atoms with Gasteiger partial charge in [-0.1, -0.05) is 32.0 Å². The van der Waals surface area contributed by atoms with Crippen molar-refractivity contribution in [2.24, 2.45) is 5.92 Å². The minimum Gasteiger partial charge on any atom is -0.485 e. The van der Waals surface area contributed by atoms with Gasteiger partial charge >= 0.3 is 0 Å². The average Bonchev–Trinajstić information content (AvgIpc) is 2.26. The number of hydrogen-bond donors (Lipinski definition) is 1. The number of ketones is 1. The lowest BCUT2D eigenvalue weighted by molar-refractivity contribution is -0.123. The monoisotopic (exact) mass is 208 g/mol. The summed E-state index contributed by atoms with van der Waals surface area (Å²) in [6.45, 7) is 3.66. The Morgan fingerprint density at radius 3 is 2.67 bits per heavy atom. The molecule has 0 spiro atoms. The van der Waals surface area contributed by atoms with E-state index in [1.807, 2.05) is 26.0 Å². The minimum atomic E-state index is -0.0773. The van der Waals surface area contributed by atoms with Gasteiger partial charge < -0.3 is 9.84 Å². The minimum absolute atomic E-state index is 0.0220. The van der Waals surface area contributed by atoms with Crippen LogP contribution in [0.25, 0.3) is 0 Å². The molecule has 0 heterocycles. The fourth-order valence-corrected chi connectivity index (χ4v) is 1.09. The Morgan fingerprint density at radius 2 is 2.07 bits per heavy atom. The van der Waals surface area contributed by atoms with Crippen LogP contribution >= 0.6 is 0 Å². The van der Waals surface area contributed by atoms with E-state index in [0.29, 0.717) is 11.3 Å². The quantitative estimate of drug-likeness (QED) is 0.802. The van der Waals surface area contributed by atoms with E-state index in [4.69, 9.17) is 9.84 Å². The first-order valence-corrected chi connectivity index (χ1v) is 4.99. The number of carbonyl (C=O) groups is 1. The molecule has 3 heteroatoms. The maximum absolute atomic E-state index is 11.3. The van der Waals surface area contributed by atoms with E-state index in [-0.39, 0.29) is 24.9 Å². The molecule has 0 bridgehead atoms. The highest BCUT2D eigenvalue weighted by Crippen LogP contribution is 2.17. The Morgan fingerprint density at radius 1 is 1.40 bits per heavy atom. The number of hydrogen-bond acceptors (Lipinski definition) is 3. The van der Waals surface area contributed by atoms with Crippen LogP contribution in [0.15, 0.2) is 24.3 Å². The number of aliphatic hydroxyl groups is 1. The second-order valence-corrected chi connectivity index (χ2v) is 3.68. The molecule has 0 atom stereocenters. The number of ether oxygens (including phenoxy) is 1. The van der Waals surface area contributed by atoms with E-state index in [0.717, 1.165) is 0 Å². The maximum Gasteiger partial charge on any atom is 0.172 e. The summed E-state index contributed by atoms with van der Waals surface area (Å²) in [4.78, 5) is 11.3. The molecule has 0 amide bonds. The van der Waals surface area contributed by atoms with Crippen LogP contribution in [0.4, 0.5) is 0 Å². The van der Waals surface area contributed by atoms with Gasteiger partial charge in [-0.05, 0) is 6.07 Å². The molecular weight excluding hydrogens is 192 g/mol. The zero-order chi connectivity index (χ0) is 11.3. The Labute approximate surface area is 89.7 Å². The highest BCUT2D eigenvalue weighted by molar-refractivity contribution is 5.81. The van der Waals surface area contributed by atoms with Crippen molar-refractivity contribution < 1.29 is 14.6 Å². The van der Waals surface area contributed by atoms with Crippen molar-refractivity contribution in [2.45, 2.75) is 20.5 Å². The third-order valence-corrected chi connectivity index (χ3v) is 2.16. The maximum atomic E-state index is 11.3. The standard InChI is InChI=1S/C12H16O3/c1-9(2)11(14)8-15-12-6-4-3-5-10(12)7-13/h3-6,9,13H,7-8H2,1-2H3. The summed E-state index contributed by atoms with van der Waals surface area (Å²) in [7, 11) is 0. The number of aliphatic hydroxyl groups excluding tert-OH is 1. The van der Waals surface area contributed by atoms with Crippen LogP contribution in [-0.2, 0) is 11.4 Å². The second-order valence-electron chi connectivity index (χ2n) is 3.68. The predicted molar refractivity (Wildman–Crippen MR) is 57.7 cm³/mol. The summed E-state index contributed by atoms with van der Waals surface area (Å²) in [5.41, 5.74) is 0.703. The highest BCUT2D eigenvalue weighted by Gasteiger charge is 2.09. The van der Waals surface area contributed by atoms with Gasteiger partial charge in [-0.25, -0.2) is 0 Å². The van der Waals surface area contributed by atoms with Crippen LogP contribution in [0, 0.1) is 5.92 Å². The smallest absolute Gasteiger partial charge is 0.172 e. The van der Waals surface area contributed by atoms with Gasteiger partial charge in [-0.2, -0.15) is 0 Å². The van der Waals surface area contributed by atoms with Gasteiger partial charge in [-0.3, -0.25) is 4.79 Å². The van der Waals surface area contributed by atoms with Gasteiger partial charge in [0.05, 0.1) is 6.61 Å². The summed E-state index contributed by atoms with van der Waals surface area (Å²) >= 11 is 0. The lowest BCUT2D eigenvalue weighted by Gasteiger charge is -2.10. The fourth-order valence-electron chi connectivity index (χ4n) is 1.09. The number of carbonyl (C=O) groups excluding carboxylic acids is 1. The molecule has 0 saturated heterocycles. The second kappa shape index (κ2) is 5.51. The fraction of sp³-hybridized carbons (Fsp3) is 0.417. The topological polar surface area (TPSA) is 46.5 Å². The number of para-hydroxylation sites is 1. The van der Waals surface area contributed by atoms with E-state index < -0.39 is 0 Å². The molecule has 15 heavy (non-hydrogen) atoms. The molecule has 0 radical (unpaired) electrons. The molecule has 1 N–H and O–H groups in total. The summed E-state index contributed by atoms with van der Waals surface area (Å²) < 4.78 is 5.34. The van der Waals surface area contributed by atoms with E-state index in [9.17, 15) is 4.79 Å². The van der Waals surface area contributed by atoms with Gasteiger partial charge in [0.25, 0.3) is 0 Å². The molecule has 3 nitrogen and oxygen atoms in total. The van der Waals surface area contributed by atoms with Crippen LogP contribution in [-0.4, -0.2) is 17.5 Å². The Balaban J connectivity index is 2.61. The number of rotatable bonds is 5. The van der Waals surface area contributed by atoms with Crippen LogP contribution in [0.1, 0.15) is 19.4 Å². The Kier molecular flexibility index (Phi) is 4.31. The largest absolute Gasteiger partial charge is 0.485 e. The predicted octanol–water partition coefficient (Wildman–Crippen LogP) is 1.78. The summed E-state index contributed by atoms with van der Waals surface area (Å²) in [5, 5.41) is 9.03. The van der Waals surface area contributed by atoms with Crippen molar-refractivity contribution in [3.05, 3.63) is 29.8 Å². The van der Waals surface area contributed by atoms with Crippen LogP contribution < -0.4 is 4.74 Å². The van der Waals surface area contributed by atoms with Crippen molar-refractivity contribution in [3.63, 3.8) is 0 Å². The summed E-state index contributed by atoms with van der Waals surface area (Å²) in [6.07, 6.45) is 0. The van der Waals surface area contributed by atoms with Crippen molar-refractivity contribution >= 4 is 5.78 Å². The first kappa shape index (κ1) is 11.7. The van der Waals surface area contributed by atoms with Crippen molar-refractivity contribution in [3.8, 4) is 5.75 Å². The molecular formula is C12H16O3. The Hall–Kier alpha value is -1.35. The van der Waals surface area contributed by atoms with Crippen LogP contribution in [0.5, 0.6) is 5.75 Å². The van der Waals surface area contributed by atoms with Gasteiger partial charge in [0.1, 0.15) is 12.4 Å². The molecule has 0 aliphatic rings. The first-order valence-electron chi connectivity index (χ1n) is 4.99. The molecule has 0 aliphatic carbocycles. The van der Waals surface area contributed by atoms with Crippen molar-refractivity contribution in [1.82, 2.24) is 0 Å². The lowest BCUT2D eigenvalue weighted by Crippen LogP contribution is -2.17. The van der Waals surface area contributed by atoms with Crippen molar-refractivity contribution in [2.75, 3.05) is 6.61 Å². The van der Waals surface area contributed by atoms with Gasteiger partial charge in [0.2, 0.25) is 0 Å². The third kappa shape index (κ3) is 3.36. The highest BCUT2D eigenvalue weighted by atomic mass is 16.5. The summed E-state index contributed by atoms with van der Waals surface area (Å²) in [6, 6.07) is 7.16. The van der Waals surface area contributed by atoms with E-state index in [2.05, 4.69) is 0 Å². The molecule has 0 aromatic heterocycles. The van der Waals surface area contributed by atoms with E-state index in [1.165, 1.54) is 0 Å². The lowest BCUT2D eigenvalue weighted by atomic mass is 10.1. The molecule has 1 aromatic carbocycles. The van der Waals surface area contributed by atoms with E-state index >= 15 is 0 Å². The summed E-state index contributed by atoms with van der Waals surface area (Å²) in [5.74, 6) is 0.614. The third-order valence-electron chi connectivity index (χ3n) is 2.16. The number of Topliss-reactive ketones (excluding diaryl/α,β-unsaturated/α-hetero) is 1. The SMILES string of the molecule is CC(C)C(=O)COc1ccccc1CO. The van der Waals surface area contributed by atoms with Gasteiger partial charge in [0, 0.05) is 11.5 Å². The first-order chi connectivity index (χ1) is 7.15. The molecule has 82 valence electrons. The molecule has 0 unspecified atom stereocenters. The van der Waals surface area contributed by atoms with E-state index in [1.54, 1.807) is 12.1 Å². The number of benzene rings is 1. The molecule has 0 saturated carbocycles. The Bertz CT molecular complexity index is 331. The zero-order valence-electron chi connectivity index (χ0n) is 9.06. The molecule has 0 fully saturated rings.